The smallest absolute Gasteiger partial charge is 0.261 e. The Morgan fingerprint density at radius 3 is 2.61 bits per heavy atom. The molecule has 202 valence electrons. The molecule has 2 aliphatic rings. The number of thiazole rings is 1. The average molecular weight is 540 g/mol. The van der Waals surface area contributed by atoms with E-state index in [-0.39, 0.29) is 29.1 Å². The molecule has 1 aliphatic carbocycles. The molecule has 3 heterocycles. The highest BCUT2D eigenvalue weighted by Gasteiger charge is 2.28. The number of hydrogen-bond donors (Lipinski definition) is 0. The standard InChI is InChI=1S/C28H34FN5O3S/c1-19(35)33-11-9-32(10-12-33)17-22-16-30-27(38-22)15-26(36)25(13-20-5-3-2-4-6-20)34-18-31-24-8-7-21(29)14-23(24)28(34)37/h7-8,14,16,18,20,25H,2-6,9-13,15,17H2,1H3. The molecule has 3 aromatic rings. The zero-order valence-corrected chi connectivity index (χ0v) is 22.6. The highest BCUT2D eigenvalue weighted by Crippen LogP contribution is 2.32. The number of piperazine rings is 1. The maximum Gasteiger partial charge on any atom is 0.261 e. The Bertz CT molecular complexity index is 1360. The first-order chi connectivity index (χ1) is 18.4. The van der Waals surface area contributed by atoms with E-state index < -0.39 is 11.9 Å². The van der Waals surface area contributed by atoms with Crippen LogP contribution < -0.4 is 5.56 Å². The normalized spacial score (nSPS) is 18.1. The van der Waals surface area contributed by atoms with E-state index >= 15 is 0 Å². The molecule has 5 rings (SSSR count). The van der Waals surface area contributed by atoms with Gasteiger partial charge in [0, 0.05) is 50.7 Å². The second-order valence-electron chi connectivity index (χ2n) is 10.5. The summed E-state index contributed by atoms with van der Waals surface area (Å²) < 4.78 is 15.3. The molecule has 0 bridgehead atoms. The number of ketones is 1. The van der Waals surface area contributed by atoms with Gasteiger partial charge in [-0.15, -0.1) is 11.3 Å². The van der Waals surface area contributed by atoms with Crippen LogP contribution in [-0.2, 0) is 22.6 Å². The zero-order chi connectivity index (χ0) is 26.6. The number of nitrogens with zero attached hydrogens (tertiary/aromatic N) is 5. The number of fused-ring (bicyclic) bond motifs is 1. The van der Waals surface area contributed by atoms with Crippen molar-refractivity contribution in [2.24, 2.45) is 5.92 Å². The predicted molar refractivity (Wildman–Crippen MR) is 145 cm³/mol. The van der Waals surface area contributed by atoms with Crippen LogP contribution in [0.1, 0.15) is 61.4 Å². The van der Waals surface area contributed by atoms with Gasteiger partial charge in [0.2, 0.25) is 5.91 Å². The Morgan fingerprint density at radius 1 is 1.11 bits per heavy atom. The van der Waals surface area contributed by atoms with Crippen LogP contribution in [0.25, 0.3) is 10.9 Å². The van der Waals surface area contributed by atoms with Gasteiger partial charge in [-0.3, -0.25) is 23.9 Å². The molecule has 0 radical (unpaired) electrons. The molecule has 1 saturated carbocycles. The number of aromatic nitrogens is 3. The summed E-state index contributed by atoms with van der Waals surface area (Å²) in [5.41, 5.74) is 0.0402. The number of amides is 1. The fourth-order valence-electron chi connectivity index (χ4n) is 5.68. The number of halogens is 1. The highest BCUT2D eigenvalue weighted by molar-refractivity contribution is 7.11. The summed E-state index contributed by atoms with van der Waals surface area (Å²) in [6, 6.07) is 3.32. The van der Waals surface area contributed by atoms with E-state index in [1.165, 1.54) is 46.9 Å². The van der Waals surface area contributed by atoms with Gasteiger partial charge in [-0.25, -0.2) is 14.4 Å². The first-order valence-corrected chi connectivity index (χ1v) is 14.3. The van der Waals surface area contributed by atoms with Crippen LogP contribution in [0.5, 0.6) is 0 Å². The summed E-state index contributed by atoms with van der Waals surface area (Å²) in [7, 11) is 0. The van der Waals surface area contributed by atoms with Crippen LogP contribution in [-0.4, -0.2) is 62.2 Å². The summed E-state index contributed by atoms with van der Waals surface area (Å²) >= 11 is 1.52. The number of carbonyl (C=O) groups excluding carboxylic acids is 2. The number of carbonyl (C=O) groups is 2. The molecule has 1 aliphatic heterocycles. The predicted octanol–water partition coefficient (Wildman–Crippen LogP) is 3.98. The Hall–Kier alpha value is -2.98. The van der Waals surface area contributed by atoms with Crippen molar-refractivity contribution in [2.75, 3.05) is 26.2 Å². The third-order valence-corrected chi connectivity index (χ3v) is 8.84. The fraction of sp³-hybridized carbons (Fsp3) is 0.536. The molecule has 38 heavy (non-hydrogen) atoms. The van der Waals surface area contributed by atoms with Crippen molar-refractivity contribution in [1.29, 1.82) is 0 Å². The second-order valence-corrected chi connectivity index (χ2v) is 11.7. The molecule has 0 N–H and O–H groups in total. The first-order valence-electron chi connectivity index (χ1n) is 13.5. The molecule has 10 heteroatoms. The molecule has 8 nitrogen and oxygen atoms in total. The van der Waals surface area contributed by atoms with E-state index in [0.717, 1.165) is 68.3 Å². The maximum absolute atomic E-state index is 13.9. The summed E-state index contributed by atoms with van der Waals surface area (Å²) in [6.07, 6.45) is 9.58. The van der Waals surface area contributed by atoms with Gasteiger partial charge in [0.15, 0.2) is 5.78 Å². The summed E-state index contributed by atoms with van der Waals surface area (Å²) in [4.78, 5) is 52.8. The molecular weight excluding hydrogens is 505 g/mol. The monoisotopic (exact) mass is 539 g/mol. The third-order valence-electron chi connectivity index (χ3n) is 7.86. The molecule has 2 fully saturated rings. The third kappa shape index (κ3) is 6.18. The maximum atomic E-state index is 13.9. The van der Waals surface area contributed by atoms with Crippen molar-refractivity contribution in [1.82, 2.24) is 24.3 Å². The van der Waals surface area contributed by atoms with Crippen LogP contribution >= 0.6 is 11.3 Å². The second kappa shape index (κ2) is 11.8. The lowest BCUT2D eigenvalue weighted by Crippen LogP contribution is -2.47. The minimum Gasteiger partial charge on any atom is -0.340 e. The van der Waals surface area contributed by atoms with Crippen molar-refractivity contribution in [2.45, 2.75) is 64.5 Å². The van der Waals surface area contributed by atoms with Crippen molar-refractivity contribution >= 4 is 33.9 Å². The number of benzene rings is 1. The molecule has 1 atom stereocenters. The molecule has 1 unspecified atom stereocenters. The van der Waals surface area contributed by atoms with Crippen molar-refractivity contribution in [3.8, 4) is 0 Å². The minimum atomic E-state index is -0.655. The Kier molecular flexibility index (Phi) is 8.28. The Labute approximate surface area is 225 Å². The molecule has 0 spiro atoms. The van der Waals surface area contributed by atoms with E-state index in [4.69, 9.17) is 0 Å². The van der Waals surface area contributed by atoms with Gasteiger partial charge < -0.3 is 4.90 Å². The largest absolute Gasteiger partial charge is 0.340 e. The number of hydrogen-bond acceptors (Lipinski definition) is 7. The van der Waals surface area contributed by atoms with Crippen molar-refractivity contribution < 1.29 is 14.0 Å². The van der Waals surface area contributed by atoms with Gasteiger partial charge in [0.05, 0.1) is 29.7 Å². The lowest BCUT2D eigenvalue weighted by Gasteiger charge is -2.33. The average Bonchev–Trinajstić information content (AvgIpc) is 3.35. The van der Waals surface area contributed by atoms with Crippen LogP contribution in [0.15, 0.2) is 35.5 Å². The quantitative estimate of drug-likeness (QED) is 0.430. The SMILES string of the molecule is CC(=O)N1CCN(Cc2cnc(CC(=O)C(CC3CCCCC3)n3cnc4ccc(F)cc4c3=O)s2)CC1. The van der Waals surface area contributed by atoms with Crippen LogP contribution in [0.3, 0.4) is 0 Å². The zero-order valence-electron chi connectivity index (χ0n) is 21.8. The molecule has 1 aromatic carbocycles. The van der Waals surface area contributed by atoms with Crippen molar-refractivity contribution in [3.63, 3.8) is 0 Å². The van der Waals surface area contributed by atoms with E-state index in [1.807, 2.05) is 11.1 Å². The van der Waals surface area contributed by atoms with Gasteiger partial charge in [-0.05, 0) is 30.5 Å². The van der Waals surface area contributed by atoms with E-state index in [9.17, 15) is 18.8 Å². The minimum absolute atomic E-state index is 0.0637. The molecule has 2 aromatic heterocycles. The number of rotatable bonds is 8. The van der Waals surface area contributed by atoms with Crippen LogP contribution in [0, 0.1) is 11.7 Å². The van der Waals surface area contributed by atoms with Crippen LogP contribution in [0.4, 0.5) is 4.39 Å². The van der Waals surface area contributed by atoms with Gasteiger partial charge in [0.1, 0.15) is 10.8 Å². The van der Waals surface area contributed by atoms with Crippen molar-refractivity contribution in [3.05, 3.63) is 56.8 Å². The molecule has 1 amide bonds. The van der Waals surface area contributed by atoms with E-state index in [1.54, 1.807) is 6.92 Å². The van der Waals surface area contributed by atoms with Gasteiger partial charge >= 0.3 is 0 Å². The lowest BCUT2D eigenvalue weighted by atomic mass is 9.83. The van der Waals surface area contributed by atoms with E-state index in [0.29, 0.717) is 17.9 Å². The topological polar surface area (TPSA) is 88.4 Å². The summed E-state index contributed by atoms with van der Waals surface area (Å²) in [5, 5.41) is 0.921. The Balaban J connectivity index is 1.32. The summed E-state index contributed by atoms with van der Waals surface area (Å²) in [5.74, 6) is -0.0845. The lowest BCUT2D eigenvalue weighted by molar-refractivity contribution is -0.130. The van der Waals surface area contributed by atoms with E-state index in [2.05, 4.69) is 14.9 Å². The summed E-state index contributed by atoms with van der Waals surface area (Å²) in [6.45, 7) is 5.41. The van der Waals surface area contributed by atoms with Gasteiger partial charge in [-0.2, -0.15) is 0 Å². The fourth-order valence-corrected chi connectivity index (χ4v) is 6.65. The van der Waals surface area contributed by atoms with Crippen LogP contribution in [0.2, 0.25) is 0 Å². The van der Waals surface area contributed by atoms with Gasteiger partial charge in [-0.1, -0.05) is 32.1 Å². The van der Waals surface area contributed by atoms with Gasteiger partial charge in [0.25, 0.3) is 5.56 Å². The molecule has 1 saturated heterocycles. The number of Topliss-reactive ketones (excluding diaryl/α,β-unsaturated/α-hetero) is 1. The highest BCUT2D eigenvalue weighted by atomic mass is 32.1. The first kappa shape index (κ1) is 26.6. The molecular formula is C28H34FN5O3S. The Morgan fingerprint density at radius 2 is 1.87 bits per heavy atom.